The minimum absolute atomic E-state index is 0.315. The van der Waals surface area contributed by atoms with Crippen LogP contribution < -0.4 is 5.32 Å². The van der Waals surface area contributed by atoms with Gasteiger partial charge in [-0.05, 0) is 50.3 Å². The van der Waals surface area contributed by atoms with Gasteiger partial charge in [0.25, 0.3) is 0 Å². The second kappa shape index (κ2) is 6.27. The van der Waals surface area contributed by atoms with Gasteiger partial charge in [-0.1, -0.05) is 42.1 Å². The second-order valence-electron chi connectivity index (χ2n) is 5.40. The van der Waals surface area contributed by atoms with Crippen molar-refractivity contribution >= 4 is 23.2 Å². The second-order valence-corrected chi connectivity index (χ2v) is 6.21. The summed E-state index contributed by atoms with van der Waals surface area (Å²) >= 11 is 12.0. The third-order valence-corrected chi connectivity index (χ3v) is 4.80. The Morgan fingerprint density at radius 2 is 1.78 bits per heavy atom. The maximum atomic E-state index is 6.06. The maximum Gasteiger partial charge on any atom is 0.0595 e. The van der Waals surface area contributed by atoms with E-state index < -0.39 is 0 Å². The molecule has 1 unspecified atom stereocenters. The summed E-state index contributed by atoms with van der Waals surface area (Å²) in [6.45, 7) is 4.48. The van der Waals surface area contributed by atoms with Gasteiger partial charge >= 0.3 is 0 Å². The fraction of sp³-hybridized carbons (Fsp3) is 0.600. The molecule has 0 heterocycles. The summed E-state index contributed by atoms with van der Waals surface area (Å²) in [5.74, 6) is 0.829. The average Bonchev–Trinajstić information content (AvgIpc) is 2.86. The van der Waals surface area contributed by atoms with Gasteiger partial charge in [-0.15, -0.1) is 0 Å². The molecule has 1 aromatic rings. The van der Waals surface area contributed by atoms with E-state index in [4.69, 9.17) is 23.2 Å². The summed E-state index contributed by atoms with van der Waals surface area (Å²) in [6.07, 6.45) is 5.50. The molecule has 1 aromatic carbocycles. The first-order valence-corrected chi connectivity index (χ1v) is 7.54. The maximum absolute atomic E-state index is 6.06. The van der Waals surface area contributed by atoms with E-state index >= 15 is 0 Å². The largest absolute Gasteiger partial charge is 0.307 e. The van der Waals surface area contributed by atoms with Crippen molar-refractivity contribution in [2.24, 2.45) is 5.92 Å². The molecule has 1 saturated carbocycles. The van der Waals surface area contributed by atoms with E-state index in [0.29, 0.717) is 22.1 Å². The number of hydrogen-bond acceptors (Lipinski definition) is 1. The first-order valence-electron chi connectivity index (χ1n) is 6.79. The first-order chi connectivity index (χ1) is 8.58. The van der Waals surface area contributed by atoms with Gasteiger partial charge in [0.1, 0.15) is 0 Å². The predicted molar refractivity (Wildman–Crippen MR) is 79.4 cm³/mol. The minimum atomic E-state index is 0.315. The highest BCUT2D eigenvalue weighted by Crippen LogP contribution is 2.30. The molecule has 0 amide bonds. The highest BCUT2D eigenvalue weighted by Gasteiger charge is 2.22. The molecule has 1 fully saturated rings. The van der Waals surface area contributed by atoms with Gasteiger partial charge < -0.3 is 5.32 Å². The molecular formula is C15H21Cl2N. The predicted octanol–water partition coefficient (Wildman–Crippen LogP) is 5.22. The molecule has 3 heteroatoms. The quantitative estimate of drug-likeness (QED) is 0.799. The fourth-order valence-corrected chi connectivity index (χ4v) is 3.17. The molecule has 1 N–H and O–H groups in total. The molecule has 0 aromatic heterocycles. The smallest absolute Gasteiger partial charge is 0.0595 e. The number of rotatable bonds is 4. The molecular weight excluding hydrogens is 265 g/mol. The van der Waals surface area contributed by atoms with Crippen LogP contribution in [0.5, 0.6) is 0 Å². The Morgan fingerprint density at radius 1 is 1.11 bits per heavy atom. The van der Waals surface area contributed by atoms with E-state index in [9.17, 15) is 0 Å². The summed E-state index contributed by atoms with van der Waals surface area (Å²) < 4.78 is 0. The van der Waals surface area contributed by atoms with Crippen LogP contribution in [0.15, 0.2) is 18.2 Å². The van der Waals surface area contributed by atoms with Crippen molar-refractivity contribution in [1.82, 2.24) is 5.32 Å². The van der Waals surface area contributed by atoms with Crippen LogP contribution in [0.4, 0.5) is 0 Å². The lowest BCUT2D eigenvalue weighted by atomic mass is 9.98. The number of nitrogens with one attached hydrogen (secondary N) is 1. The van der Waals surface area contributed by atoms with Gasteiger partial charge in [0.05, 0.1) is 10.0 Å². The Labute approximate surface area is 120 Å². The van der Waals surface area contributed by atoms with Crippen LogP contribution in [-0.2, 0) is 0 Å². The van der Waals surface area contributed by atoms with Crippen molar-refractivity contribution in [2.75, 3.05) is 0 Å². The van der Waals surface area contributed by atoms with E-state index in [0.717, 1.165) is 5.92 Å². The third kappa shape index (κ3) is 3.40. The zero-order valence-corrected chi connectivity index (χ0v) is 12.6. The molecule has 2 rings (SSSR count). The Balaban J connectivity index is 1.97. The van der Waals surface area contributed by atoms with Gasteiger partial charge in [0.2, 0.25) is 0 Å². The Hall–Kier alpha value is -0.240. The molecule has 100 valence electrons. The molecule has 1 aliphatic carbocycles. The monoisotopic (exact) mass is 285 g/mol. The number of hydrogen-bond donors (Lipinski definition) is 1. The molecule has 1 aliphatic rings. The third-order valence-electron chi connectivity index (χ3n) is 4.06. The van der Waals surface area contributed by atoms with Gasteiger partial charge in [-0.2, -0.15) is 0 Å². The SMILES string of the molecule is CC(N[C@H](C)C1CCCC1)c1ccc(Cl)c(Cl)c1. The summed E-state index contributed by atoms with van der Waals surface area (Å²) in [6, 6.07) is 6.76. The zero-order valence-electron chi connectivity index (χ0n) is 11.0. The molecule has 0 spiro atoms. The molecule has 0 radical (unpaired) electrons. The van der Waals surface area contributed by atoms with Crippen molar-refractivity contribution in [3.63, 3.8) is 0 Å². The lowest BCUT2D eigenvalue weighted by molar-refractivity contribution is 0.352. The van der Waals surface area contributed by atoms with Gasteiger partial charge in [0, 0.05) is 12.1 Å². The summed E-state index contributed by atoms with van der Waals surface area (Å²) in [7, 11) is 0. The van der Waals surface area contributed by atoms with Crippen LogP contribution in [-0.4, -0.2) is 6.04 Å². The standard InChI is InChI=1S/C15H21Cl2N/c1-10(12-5-3-4-6-12)18-11(2)13-7-8-14(16)15(17)9-13/h7-12,18H,3-6H2,1-2H3/t10-,11?/m1/s1. The van der Waals surface area contributed by atoms with Crippen LogP contribution >= 0.6 is 23.2 Å². The van der Waals surface area contributed by atoms with Crippen molar-refractivity contribution in [2.45, 2.75) is 51.6 Å². The van der Waals surface area contributed by atoms with E-state index in [1.807, 2.05) is 18.2 Å². The molecule has 0 aliphatic heterocycles. The zero-order chi connectivity index (χ0) is 13.1. The van der Waals surface area contributed by atoms with E-state index in [1.165, 1.54) is 31.2 Å². The van der Waals surface area contributed by atoms with Crippen molar-refractivity contribution in [3.8, 4) is 0 Å². The lowest BCUT2D eigenvalue weighted by Gasteiger charge is -2.25. The highest BCUT2D eigenvalue weighted by molar-refractivity contribution is 6.42. The molecule has 1 nitrogen and oxygen atoms in total. The molecule has 2 atom stereocenters. The van der Waals surface area contributed by atoms with Crippen molar-refractivity contribution < 1.29 is 0 Å². The fourth-order valence-electron chi connectivity index (χ4n) is 2.87. The summed E-state index contributed by atoms with van der Waals surface area (Å²) in [4.78, 5) is 0. The van der Waals surface area contributed by atoms with Gasteiger partial charge in [-0.25, -0.2) is 0 Å². The molecule has 0 bridgehead atoms. The molecule has 18 heavy (non-hydrogen) atoms. The van der Waals surface area contributed by atoms with E-state index in [-0.39, 0.29) is 0 Å². The van der Waals surface area contributed by atoms with E-state index in [2.05, 4.69) is 19.2 Å². The van der Waals surface area contributed by atoms with Crippen molar-refractivity contribution in [1.29, 1.82) is 0 Å². The van der Waals surface area contributed by atoms with Crippen LogP contribution in [0.2, 0.25) is 10.0 Å². The summed E-state index contributed by atoms with van der Waals surface area (Å²) in [5, 5.41) is 4.94. The minimum Gasteiger partial charge on any atom is -0.307 e. The Kier molecular flexibility index (Phi) is 4.94. The topological polar surface area (TPSA) is 12.0 Å². The summed E-state index contributed by atoms with van der Waals surface area (Å²) in [5.41, 5.74) is 1.20. The lowest BCUT2D eigenvalue weighted by Crippen LogP contribution is -2.34. The Morgan fingerprint density at radius 3 is 2.39 bits per heavy atom. The van der Waals surface area contributed by atoms with E-state index in [1.54, 1.807) is 0 Å². The molecule has 0 saturated heterocycles. The normalized spacial score (nSPS) is 20.0. The highest BCUT2D eigenvalue weighted by atomic mass is 35.5. The van der Waals surface area contributed by atoms with Gasteiger partial charge in [-0.3, -0.25) is 0 Å². The van der Waals surface area contributed by atoms with Crippen LogP contribution in [0.3, 0.4) is 0 Å². The number of benzene rings is 1. The van der Waals surface area contributed by atoms with Gasteiger partial charge in [0.15, 0.2) is 0 Å². The van der Waals surface area contributed by atoms with Crippen LogP contribution in [0.1, 0.15) is 51.1 Å². The average molecular weight is 286 g/mol. The van der Waals surface area contributed by atoms with Crippen LogP contribution in [0.25, 0.3) is 0 Å². The van der Waals surface area contributed by atoms with Crippen LogP contribution in [0, 0.1) is 5.92 Å². The Bertz CT molecular complexity index is 399. The first kappa shape index (κ1) is 14.2. The van der Waals surface area contributed by atoms with Crippen molar-refractivity contribution in [3.05, 3.63) is 33.8 Å². The number of halogens is 2.